The molecule has 1 aromatic rings. The molecule has 2 rings (SSSR count). The molecule has 0 saturated carbocycles. The fraction of sp³-hybridized carbons (Fsp3) is 0.500. The molecule has 6 nitrogen and oxygen atoms in total. The molecule has 1 aromatic heterocycles. The minimum atomic E-state index is -1.27. The Bertz CT molecular complexity index is 448. The van der Waals surface area contributed by atoms with Crippen LogP contribution in [0.25, 0.3) is 0 Å². The van der Waals surface area contributed by atoms with Gasteiger partial charge in [-0.15, -0.1) is 0 Å². The summed E-state index contributed by atoms with van der Waals surface area (Å²) in [6.45, 7) is 0.648. The maximum atomic E-state index is 11.4. The number of carbonyl (C=O) groups is 1. The summed E-state index contributed by atoms with van der Waals surface area (Å²) in [7, 11) is 0. The number of aromatic amines is 1. The molecule has 16 heavy (non-hydrogen) atoms. The van der Waals surface area contributed by atoms with E-state index < -0.39 is 11.5 Å². The predicted molar refractivity (Wildman–Crippen MR) is 54.4 cm³/mol. The zero-order valence-electron chi connectivity index (χ0n) is 8.60. The molecule has 0 amide bonds. The summed E-state index contributed by atoms with van der Waals surface area (Å²) < 4.78 is 5.44. The van der Waals surface area contributed by atoms with Gasteiger partial charge in [-0.3, -0.25) is 4.79 Å². The molecule has 1 saturated heterocycles. The first-order valence-corrected chi connectivity index (χ1v) is 5.12. The lowest BCUT2D eigenvalue weighted by Gasteiger charge is -2.21. The molecule has 1 aliphatic heterocycles. The number of carboxylic acids is 1. The second kappa shape index (κ2) is 4.44. The summed E-state index contributed by atoms with van der Waals surface area (Å²) in [5.74, 6) is -0.862. The normalized spacial score (nSPS) is 20.6. The third-order valence-electron chi connectivity index (χ3n) is 2.53. The van der Waals surface area contributed by atoms with Gasteiger partial charge in [-0.2, -0.15) is 0 Å². The maximum Gasteiger partial charge on any atom is 0.342 e. The Morgan fingerprint density at radius 1 is 1.56 bits per heavy atom. The molecule has 2 N–H and O–H groups in total. The fourth-order valence-electron chi connectivity index (χ4n) is 1.68. The first kappa shape index (κ1) is 10.8. The molecule has 1 aliphatic rings. The predicted octanol–water partition coefficient (Wildman–Crippen LogP) is 0.710. The van der Waals surface area contributed by atoms with Crippen LogP contribution in [0.5, 0.6) is 0 Å². The van der Waals surface area contributed by atoms with Gasteiger partial charge >= 0.3 is 5.97 Å². The van der Waals surface area contributed by atoms with E-state index in [2.05, 4.69) is 9.97 Å². The molecule has 1 atom stereocenters. The number of rotatable bonds is 2. The van der Waals surface area contributed by atoms with E-state index in [0.717, 1.165) is 25.5 Å². The van der Waals surface area contributed by atoms with Crippen molar-refractivity contribution in [2.75, 3.05) is 6.61 Å². The first-order valence-electron chi connectivity index (χ1n) is 5.12. The maximum absolute atomic E-state index is 11.4. The number of carboxylic acid groups (broad SMARTS) is 1. The quantitative estimate of drug-likeness (QED) is 0.771. The van der Waals surface area contributed by atoms with Gasteiger partial charge in [0.2, 0.25) is 0 Å². The van der Waals surface area contributed by atoms with Gasteiger partial charge in [0, 0.05) is 12.8 Å². The lowest BCUT2D eigenvalue weighted by molar-refractivity contribution is 0.00921. The van der Waals surface area contributed by atoms with Crippen molar-refractivity contribution in [1.82, 2.24) is 9.97 Å². The van der Waals surface area contributed by atoms with Gasteiger partial charge in [-0.05, 0) is 19.3 Å². The highest BCUT2D eigenvalue weighted by molar-refractivity contribution is 5.86. The molecule has 6 heteroatoms. The van der Waals surface area contributed by atoms with Crippen LogP contribution in [0.4, 0.5) is 0 Å². The number of aromatic nitrogens is 2. The van der Waals surface area contributed by atoms with Gasteiger partial charge in [0.1, 0.15) is 17.5 Å². The minimum absolute atomic E-state index is 0.218. The van der Waals surface area contributed by atoms with Crippen LogP contribution >= 0.6 is 0 Å². The zero-order valence-corrected chi connectivity index (χ0v) is 8.60. The van der Waals surface area contributed by atoms with Crippen molar-refractivity contribution in [2.45, 2.75) is 25.4 Å². The SMILES string of the molecule is O=C(O)c1cnc(C2CCCCO2)[nH]c1=O. The Hall–Kier alpha value is -1.69. The van der Waals surface area contributed by atoms with Crippen LogP contribution in [0.15, 0.2) is 11.0 Å². The van der Waals surface area contributed by atoms with Crippen LogP contribution in [0.3, 0.4) is 0 Å². The summed E-state index contributed by atoms with van der Waals surface area (Å²) in [5.41, 5.74) is -0.980. The highest BCUT2D eigenvalue weighted by atomic mass is 16.5. The molecule has 1 unspecified atom stereocenters. The molecule has 0 aliphatic carbocycles. The number of nitrogens with zero attached hydrogens (tertiary/aromatic N) is 1. The summed E-state index contributed by atoms with van der Waals surface area (Å²) >= 11 is 0. The van der Waals surface area contributed by atoms with Crippen LogP contribution in [-0.4, -0.2) is 27.7 Å². The molecule has 0 radical (unpaired) electrons. The van der Waals surface area contributed by atoms with Crippen molar-refractivity contribution in [1.29, 1.82) is 0 Å². The lowest BCUT2D eigenvalue weighted by atomic mass is 10.1. The van der Waals surface area contributed by atoms with Gasteiger partial charge in [0.15, 0.2) is 0 Å². The molecule has 0 bridgehead atoms. The molecule has 0 aromatic carbocycles. The van der Waals surface area contributed by atoms with Crippen molar-refractivity contribution in [3.05, 3.63) is 27.9 Å². The van der Waals surface area contributed by atoms with Crippen LogP contribution in [-0.2, 0) is 4.74 Å². The molecule has 2 heterocycles. The number of hydrogen-bond acceptors (Lipinski definition) is 4. The van der Waals surface area contributed by atoms with Gasteiger partial charge in [-0.25, -0.2) is 9.78 Å². The van der Waals surface area contributed by atoms with Crippen LogP contribution in [0, 0.1) is 0 Å². The second-order valence-corrected chi connectivity index (χ2v) is 3.67. The van der Waals surface area contributed by atoms with Gasteiger partial charge in [0.05, 0.1) is 0 Å². The third-order valence-corrected chi connectivity index (χ3v) is 2.53. The smallest absolute Gasteiger partial charge is 0.342 e. The first-order chi connectivity index (χ1) is 7.68. The largest absolute Gasteiger partial charge is 0.477 e. The average Bonchev–Trinajstić information content (AvgIpc) is 2.29. The van der Waals surface area contributed by atoms with E-state index in [0.29, 0.717) is 12.4 Å². The van der Waals surface area contributed by atoms with E-state index in [1.165, 1.54) is 0 Å². The van der Waals surface area contributed by atoms with Crippen molar-refractivity contribution < 1.29 is 14.6 Å². The molecular formula is C10H12N2O4. The van der Waals surface area contributed by atoms with E-state index in [1.54, 1.807) is 0 Å². The summed E-state index contributed by atoms with van der Waals surface area (Å²) in [5, 5.41) is 8.68. The lowest BCUT2D eigenvalue weighted by Crippen LogP contribution is -2.23. The number of H-pyrrole nitrogens is 1. The number of aromatic carboxylic acids is 1. The van der Waals surface area contributed by atoms with Crippen LogP contribution in [0.2, 0.25) is 0 Å². The topological polar surface area (TPSA) is 92.3 Å². The van der Waals surface area contributed by atoms with E-state index in [1.807, 2.05) is 0 Å². The Labute approximate surface area is 91.3 Å². The number of nitrogens with one attached hydrogen (secondary N) is 1. The number of ether oxygens (including phenoxy) is 1. The summed E-state index contributed by atoms with van der Waals surface area (Å²) in [4.78, 5) is 28.4. The average molecular weight is 224 g/mol. The van der Waals surface area contributed by atoms with Gasteiger partial charge < -0.3 is 14.8 Å². The zero-order chi connectivity index (χ0) is 11.5. The highest BCUT2D eigenvalue weighted by Crippen LogP contribution is 2.24. The Morgan fingerprint density at radius 3 is 2.94 bits per heavy atom. The van der Waals surface area contributed by atoms with E-state index in [4.69, 9.17) is 9.84 Å². The third kappa shape index (κ3) is 2.11. The second-order valence-electron chi connectivity index (χ2n) is 3.67. The van der Waals surface area contributed by atoms with Crippen molar-refractivity contribution in [3.8, 4) is 0 Å². The van der Waals surface area contributed by atoms with E-state index >= 15 is 0 Å². The van der Waals surface area contributed by atoms with Crippen molar-refractivity contribution in [2.24, 2.45) is 0 Å². The van der Waals surface area contributed by atoms with Crippen LogP contribution < -0.4 is 5.56 Å². The standard InChI is InChI=1S/C10H12N2O4/c13-9-6(10(14)15)5-11-8(12-9)7-3-1-2-4-16-7/h5,7H,1-4H2,(H,14,15)(H,11,12,13). The monoisotopic (exact) mass is 224 g/mol. The van der Waals surface area contributed by atoms with Crippen molar-refractivity contribution >= 4 is 5.97 Å². The fourth-order valence-corrected chi connectivity index (χ4v) is 1.68. The Balaban J connectivity index is 2.26. The Morgan fingerprint density at radius 2 is 2.38 bits per heavy atom. The van der Waals surface area contributed by atoms with Crippen molar-refractivity contribution in [3.63, 3.8) is 0 Å². The Kier molecular flexibility index (Phi) is 3.00. The highest BCUT2D eigenvalue weighted by Gasteiger charge is 2.19. The van der Waals surface area contributed by atoms with Gasteiger partial charge in [0.25, 0.3) is 5.56 Å². The molecular weight excluding hydrogens is 212 g/mol. The van der Waals surface area contributed by atoms with E-state index in [9.17, 15) is 9.59 Å². The van der Waals surface area contributed by atoms with Crippen LogP contribution in [0.1, 0.15) is 41.5 Å². The summed E-state index contributed by atoms with van der Waals surface area (Å²) in [6.07, 6.45) is 3.69. The molecule has 1 fully saturated rings. The minimum Gasteiger partial charge on any atom is -0.477 e. The van der Waals surface area contributed by atoms with Gasteiger partial charge in [-0.1, -0.05) is 0 Å². The molecule has 0 spiro atoms. The summed E-state index contributed by atoms with van der Waals surface area (Å²) in [6, 6.07) is 0. The van der Waals surface area contributed by atoms with E-state index in [-0.39, 0.29) is 11.7 Å². The number of hydrogen-bond donors (Lipinski definition) is 2. The molecule has 86 valence electrons.